The molecule has 1 unspecified atom stereocenters. The van der Waals surface area contributed by atoms with Crippen LogP contribution in [0.5, 0.6) is 0 Å². The van der Waals surface area contributed by atoms with E-state index in [1.165, 1.54) is 0 Å². The molecule has 1 N–H and O–H groups in total. The van der Waals surface area contributed by atoms with E-state index >= 15 is 0 Å². The van der Waals surface area contributed by atoms with Gasteiger partial charge in [0.05, 0.1) is 16.7 Å². The molecular weight excluding hydrogens is 260 g/mol. The highest BCUT2D eigenvalue weighted by Crippen LogP contribution is 2.13. The molecule has 1 aromatic rings. The fourth-order valence-corrected chi connectivity index (χ4v) is 2.56. The second kappa shape index (κ2) is 9.42. The summed E-state index contributed by atoms with van der Waals surface area (Å²) in [6.45, 7) is 10.5. The molecule has 0 bridgehead atoms. The number of thiazole rings is 1. The second-order valence-electron chi connectivity index (χ2n) is 4.40. The van der Waals surface area contributed by atoms with E-state index in [0.29, 0.717) is 13.2 Å². The van der Waals surface area contributed by atoms with Gasteiger partial charge in [0.15, 0.2) is 6.29 Å². The lowest BCUT2D eigenvalue weighted by Gasteiger charge is -2.27. The van der Waals surface area contributed by atoms with Crippen molar-refractivity contribution >= 4 is 11.3 Å². The molecule has 1 aromatic heterocycles. The zero-order valence-electron chi connectivity index (χ0n) is 12.4. The molecule has 0 saturated heterocycles. The van der Waals surface area contributed by atoms with Crippen molar-refractivity contribution in [1.82, 2.24) is 10.3 Å². The first kappa shape index (κ1) is 16.6. The standard InChI is InChI=1S/C14H26N2O2S/c1-5-8-15-13(14(17-6-2)18-7-3)9-12-10-19-11(4)16-12/h10,13-15H,5-9H2,1-4H3. The molecule has 1 heterocycles. The van der Waals surface area contributed by atoms with E-state index < -0.39 is 0 Å². The molecule has 4 nitrogen and oxygen atoms in total. The van der Waals surface area contributed by atoms with Crippen LogP contribution in [0.25, 0.3) is 0 Å². The van der Waals surface area contributed by atoms with Crippen LogP contribution in [0.4, 0.5) is 0 Å². The van der Waals surface area contributed by atoms with Gasteiger partial charge in [-0.3, -0.25) is 0 Å². The van der Waals surface area contributed by atoms with Crippen LogP contribution in [0.1, 0.15) is 37.9 Å². The molecule has 0 fully saturated rings. The van der Waals surface area contributed by atoms with Gasteiger partial charge in [-0.2, -0.15) is 0 Å². The molecule has 0 spiro atoms. The molecule has 110 valence electrons. The van der Waals surface area contributed by atoms with Gasteiger partial charge in [0.25, 0.3) is 0 Å². The number of aryl methyl sites for hydroxylation is 1. The molecule has 0 saturated carbocycles. The molecule has 1 rings (SSSR count). The summed E-state index contributed by atoms with van der Waals surface area (Å²) in [4.78, 5) is 4.53. The van der Waals surface area contributed by atoms with Gasteiger partial charge < -0.3 is 14.8 Å². The summed E-state index contributed by atoms with van der Waals surface area (Å²) < 4.78 is 11.4. The molecule has 0 aliphatic rings. The lowest BCUT2D eigenvalue weighted by Crippen LogP contribution is -2.45. The third kappa shape index (κ3) is 5.99. The Balaban J connectivity index is 2.67. The summed E-state index contributed by atoms with van der Waals surface area (Å²) in [7, 11) is 0. The number of rotatable bonds is 10. The smallest absolute Gasteiger partial charge is 0.173 e. The number of aromatic nitrogens is 1. The highest BCUT2D eigenvalue weighted by atomic mass is 32.1. The van der Waals surface area contributed by atoms with Gasteiger partial charge in [-0.25, -0.2) is 4.98 Å². The minimum Gasteiger partial charge on any atom is -0.351 e. The lowest BCUT2D eigenvalue weighted by atomic mass is 10.1. The van der Waals surface area contributed by atoms with Crippen LogP contribution in [0.15, 0.2) is 5.38 Å². The van der Waals surface area contributed by atoms with Gasteiger partial charge in [0, 0.05) is 25.0 Å². The maximum Gasteiger partial charge on any atom is 0.173 e. The van der Waals surface area contributed by atoms with E-state index in [1.54, 1.807) is 11.3 Å². The molecule has 0 aliphatic carbocycles. The van der Waals surface area contributed by atoms with Crippen molar-refractivity contribution in [3.8, 4) is 0 Å². The molecule has 0 radical (unpaired) electrons. The van der Waals surface area contributed by atoms with Crippen LogP contribution >= 0.6 is 11.3 Å². The number of hydrogen-bond donors (Lipinski definition) is 1. The number of nitrogens with one attached hydrogen (secondary N) is 1. The van der Waals surface area contributed by atoms with Gasteiger partial charge >= 0.3 is 0 Å². The van der Waals surface area contributed by atoms with Crippen molar-refractivity contribution in [3.63, 3.8) is 0 Å². The zero-order valence-corrected chi connectivity index (χ0v) is 13.3. The summed E-state index contributed by atoms with van der Waals surface area (Å²) in [5.74, 6) is 0. The Bertz CT molecular complexity index is 338. The first-order valence-corrected chi connectivity index (χ1v) is 7.96. The van der Waals surface area contributed by atoms with E-state index in [-0.39, 0.29) is 12.3 Å². The van der Waals surface area contributed by atoms with Crippen molar-refractivity contribution in [2.45, 2.75) is 52.9 Å². The maximum atomic E-state index is 5.71. The third-order valence-corrected chi connectivity index (χ3v) is 3.56. The Morgan fingerprint density at radius 2 is 1.95 bits per heavy atom. The minimum absolute atomic E-state index is 0.154. The van der Waals surface area contributed by atoms with Crippen LogP contribution in [0.3, 0.4) is 0 Å². The van der Waals surface area contributed by atoms with Crippen LogP contribution < -0.4 is 5.32 Å². The Kier molecular flexibility index (Phi) is 8.21. The predicted octanol–water partition coefficient (Wildman–Crippen LogP) is 2.76. The van der Waals surface area contributed by atoms with Crippen molar-refractivity contribution in [2.75, 3.05) is 19.8 Å². The van der Waals surface area contributed by atoms with Crippen LogP contribution in [0.2, 0.25) is 0 Å². The SMILES string of the molecule is CCCNC(Cc1csc(C)n1)C(OCC)OCC. The van der Waals surface area contributed by atoms with E-state index in [2.05, 4.69) is 22.6 Å². The molecule has 5 heteroatoms. The minimum atomic E-state index is -0.205. The predicted molar refractivity (Wildman–Crippen MR) is 79.7 cm³/mol. The average Bonchev–Trinajstić information content (AvgIpc) is 2.80. The summed E-state index contributed by atoms with van der Waals surface area (Å²) >= 11 is 1.69. The fraction of sp³-hybridized carbons (Fsp3) is 0.786. The fourth-order valence-electron chi connectivity index (χ4n) is 1.93. The van der Waals surface area contributed by atoms with Gasteiger partial charge in [-0.05, 0) is 33.7 Å². The maximum absolute atomic E-state index is 5.71. The van der Waals surface area contributed by atoms with Crippen molar-refractivity contribution in [2.24, 2.45) is 0 Å². The Hall–Kier alpha value is -0.490. The monoisotopic (exact) mass is 286 g/mol. The van der Waals surface area contributed by atoms with Crippen LogP contribution in [-0.4, -0.2) is 37.1 Å². The summed E-state index contributed by atoms with van der Waals surface area (Å²) in [5, 5.41) is 6.73. The highest BCUT2D eigenvalue weighted by Gasteiger charge is 2.23. The highest BCUT2D eigenvalue weighted by molar-refractivity contribution is 7.09. The Labute approximate surface area is 120 Å². The quantitative estimate of drug-likeness (QED) is 0.672. The molecule has 1 atom stereocenters. The molecule has 19 heavy (non-hydrogen) atoms. The first-order valence-electron chi connectivity index (χ1n) is 7.08. The lowest BCUT2D eigenvalue weighted by molar-refractivity contribution is -0.153. The van der Waals surface area contributed by atoms with E-state index in [9.17, 15) is 0 Å². The van der Waals surface area contributed by atoms with E-state index in [1.807, 2.05) is 20.8 Å². The van der Waals surface area contributed by atoms with Crippen molar-refractivity contribution < 1.29 is 9.47 Å². The first-order chi connectivity index (χ1) is 9.21. The van der Waals surface area contributed by atoms with E-state index in [4.69, 9.17) is 9.47 Å². The number of hydrogen-bond acceptors (Lipinski definition) is 5. The summed E-state index contributed by atoms with van der Waals surface area (Å²) in [6, 6.07) is 0.154. The molecule has 0 amide bonds. The molecule has 0 aromatic carbocycles. The van der Waals surface area contributed by atoms with Crippen LogP contribution in [0, 0.1) is 6.92 Å². The summed E-state index contributed by atoms with van der Waals surface area (Å²) in [5.41, 5.74) is 1.11. The van der Waals surface area contributed by atoms with Gasteiger partial charge in [0.1, 0.15) is 0 Å². The molecular formula is C14H26N2O2S. The zero-order chi connectivity index (χ0) is 14.1. The largest absolute Gasteiger partial charge is 0.351 e. The van der Waals surface area contributed by atoms with Gasteiger partial charge in [0.2, 0.25) is 0 Å². The Morgan fingerprint density at radius 1 is 1.26 bits per heavy atom. The molecule has 0 aliphatic heterocycles. The van der Waals surface area contributed by atoms with Crippen molar-refractivity contribution in [1.29, 1.82) is 0 Å². The normalized spacial score (nSPS) is 13.1. The van der Waals surface area contributed by atoms with Crippen LogP contribution in [-0.2, 0) is 15.9 Å². The van der Waals surface area contributed by atoms with Gasteiger partial charge in [-0.1, -0.05) is 6.92 Å². The topological polar surface area (TPSA) is 43.4 Å². The van der Waals surface area contributed by atoms with Gasteiger partial charge in [-0.15, -0.1) is 11.3 Å². The third-order valence-electron chi connectivity index (χ3n) is 2.74. The summed E-state index contributed by atoms with van der Waals surface area (Å²) in [6.07, 6.45) is 1.73. The number of ether oxygens (including phenoxy) is 2. The van der Waals surface area contributed by atoms with E-state index in [0.717, 1.165) is 30.1 Å². The number of nitrogens with zero attached hydrogens (tertiary/aromatic N) is 1. The van der Waals surface area contributed by atoms with Crippen molar-refractivity contribution in [3.05, 3.63) is 16.1 Å². The Morgan fingerprint density at radius 3 is 2.42 bits per heavy atom. The average molecular weight is 286 g/mol. The second-order valence-corrected chi connectivity index (χ2v) is 5.46.